The van der Waals surface area contributed by atoms with Crippen LogP contribution in [0.1, 0.15) is 24.5 Å². The quantitative estimate of drug-likeness (QED) is 0.564. The third-order valence-corrected chi connectivity index (χ3v) is 7.70. The van der Waals surface area contributed by atoms with Crippen LogP contribution in [0.3, 0.4) is 0 Å². The Labute approximate surface area is 193 Å². The molecule has 1 saturated heterocycles. The Morgan fingerprint density at radius 3 is 2.42 bits per heavy atom. The minimum atomic E-state index is -3.65. The largest absolute Gasteiger partial charge is 0.486 e. The number of carbonyl (C=O) groups excluding carboxylic acids is 1. The van der Waals surface area contributed by atoms with E-state index in [1.807, 2.05) is 17.8 Å². The van der Waals surface area contributed by atoms with E-state index in [1.165, 1.54) is 10.5 Å². The van der Waals surface area contributed by atoms with Crippen molar-refractivity contribution in [3.63, 3.8) is 0 Å². The number of ether oxygens (including phenoxy) is 1. The fraction of sp³-hybridized carbons (Fsp3) is 0.409. The molecule has 1 aliphatic heterocycles. The maximum atomic E-state index is 12.8. The van der Waals surface area contributed by atoms with Gasteiger partial charge in [0.2, 0.25) is 5.91 Å². The van der Waals surface area contributed by atoms with E-state index in [-0.39, 0.29) is 29.9 Å². The van der Waals surface area contributed by atoms with E-state index in [2.05, 4.69) is 15.3 Å². The minimum Gasteiger partial charge on any atom is -0.486 e. The van der Waals surface area contributed by atoms with Gasteiger partial charge in [0.25, 0.3) is 10.0 Å². The van der Waals surface area contributed by atoms with Gasteiger partial charge in [-0.2, -0.15) is 4.31 Å². The minimum absolute atomic E-state index is 0.0515. The molecule has 1 N–H and O–H groups in total. The summed E-state index contributed by atoms with van der Waals surface area (Å²) in [7, 11) is 0.0162. The Bertz CT molecular complexity index is 1200. The van der Waals surface area contributed by atoms with Crippen LogP contribution in [0.25, 0.3) is 0 Å². The molecular weight excluding hydrogens is 444 g/mol. The number of hydrogen-bond acceptors (Lipinski definition) is 6. The smallest absolute Gasteiger partial charge is 0.262 e. The summed E-state index contributed by atoms with van der Waals surface area (Å²) in [5.41, 5.74) is 0.670. The molecule has 10 nitrogen and oxygen atoms in total. The van der Waals surface area contributed by atoms with Crippen LogP contribution in [0, 0.1) is 12.8 Å². The number of imidazole rings is 2. The predicted octanol–water partition coefficient (Wildman–Crippen LogP) is 2.08. The molecule has 0 atom stereocenters. The van der Waals surface area contributed by atoms with Gasteiger partial charge in [-0.15, -0.1) is 0 Å². The number of anilines is 1. The number of nitrogens with one attached hydrogen (secondary N) is 1. The van der Waals surface area contributed by atoms with E-state index in [0.717, 1.165) is 5.82 Å². The lowest BCUT2D eigenvalue weighted by Gasteiger charge is -2.29. The lowest BCUT2D eigenvalue weighted by atomic mass is 9.97. The molecule has 3 aromatic rings. The zero-order valence-corrected chi connectivity index (χ0v) is 19.7. The lowest BCUT2D eigenvalue weighted by Crippen LogP contribution is -2.41. The van der Waals surface area contributed by atoms with Crippen LogP contribution in [-0.2, 0) is 35.5 Å². The number of rotatable bonds is 7. The number of aryl methyl sites for hydroxylation is 3. The molecule has 1 amide bonds. The number of aromatic nitrogens is 4. The average molecular weight is 473 g/mol. The third kappa shape index (κ3) is 5.09. The van der Waals surface area contributed by atoms with Crippen molar-refractivity contribution < 1.29 is 17.9 Å². The third-order valence-electron chi connectivity index (χ3n) is 5.93. The van der Waals surface area contributed by atoms with Gasteiger partial charge in [-0.05, 0) is 44.0 Å². The van der Waals surface area contributed by atoms with Crippen molar-refractivity contribution in [2.45, 2.75) is 31.4 Å². The second-order valence-corrected chi connectivity index (χ2v) is 10.1. The molecule has 0 saturated carbocycles. The van der Waals surface area contributed by atoms with E-state index in [9.17, 15) is 13.2 Å². The van der Waals surface area contributed by atoms with Crippen LogP contribution in [0.5, 0.6) is 5.75 Å². The fourth-order valence-corrected chi connectivity index (χ4v) is 5.20. The van der Waals surface area contributed by atoms with Gasteiger partial charge in [-0.1, -0.05) is 0 Å². The molecule has 11 heteroatoms. The molecule has 1 fully saturated rings. The zero-order valence-electron chi connectivity index (χ0n) is 18.9. The van der Waals surface area contributed by atoms with Gasteiger partial charge in [0.05, 0.1) is 0 Å². The number of piperidine rings is 1. The van der Waals surface area contributed by atoms with Gasteiger partial charge < -0.3 is 19.2 Å². The molecule has 0 bridgehead atoms. The van der Waals surface area contributed by atoms with Crippen molar-refractivity contribution in [2.24, 2.45) is 20.0 Å². The zero-order chi connectivity index (χ0) is 23.6. The van der Waals surface area contributed by atoms with E-state index < -0.39 is 10.0 Å². The first-order valence-corrected chi connectivity index (χ1v) is 12.2. The molecule has 0 radical (unpaired) electrons. The summed E-state index contributed by atoms with van der Waals surface area (Å²) in [5.74, 6) is 1.78. The van der Waals surface area contributed by atoms with Crippen LogP contribution in [-0.4, -0.2) is 50.8 Å². The highest BCUT2D eigenvalue weighted by atomic mass is 32.2. The molecule has 0 unspecified atom stereocenters. The van der Waals surface area contributed by atoms with Crippen LogP contribution in [0.4, 0.5) is 5.69 Å². The normalized spacial score (nSPS) is 15.5. The van der Waals surface area contributed by atoms with E-state index in [4.69, 9.17) is 4.74 Å². The number of amides is 1. The second-order valence-electron chi connectivity index (χ2n) is 8.17. The number of sulfonamides is 1. The number of hydrogen-bond donors (Lipinski definition) is 1. The van der Waals surface area contributed by atoms with E-state index in [1.54, 1.807) is 49.0 Å². The Balaban J connectivity index is 1.28. The van der Waals surface area contributed by atoms with Crippen molar-refractivity contribution in [3.05, 3.63) is 54.5 Å². The van der Waals surface area contributed by atoms with Crippen molar-refractivity contribution in [2.75, 3.05) is 18.4 Å². The lowest BCUT2D eigenvalue weighted by molar-refractivity contribution is -0.120. The van der Waals surface area contributed by atoms with Gasteiger partial charge >= 0.3 is 0 Å². The monoisotopic (exact) mass is 472 g/mol. The van der Waals surface area contributed by atoms with Gasteiger partial charge in [0.15, 0.2) is 5.03 Å². The highest BCUT2D eigenvalue weighted by Gasteiger charge is 2.33. The summed E-state index contributed by atoms with van der Waals surface area (Å²) >= 11 is 0. The molecule has 0 spiro atoms. The molecule has 33 heavy (non-hydrogen) atoms. The van der Waals surface area contributed by atoms with Crippen molar-refractivity contribution in [1.29, 1.82) is 0 Å². The molecular formula is C22H28N6O4S. The topological polar surface area (TPSA) is 111 Å². The molecule has 0 aliphatic carbocycles. The van der Waals surface area contributed by atoms with Crippen molar-refractivity contribution in [3.8, 4) is 5.75 Å². The second kappa shape index (κ2) is 9.36. The SMILES string of the molecule is Cc1nc(S(=O)(=O)N2CCC(C(=O)Nc3ccc(OCc4nccn4C)cc3)CC2)cn1C. The highest BCUT2D eigenvalue weighted by Crippen LogP contribution is 2.25. The first kappa shape index (κ1) is 23.0. The highest BCUT2D eigenvalue weighted by molar-refractivity contribution is 7.89. The first-order valence-electron chi connectivity index (χ1n) is 10.7. The standard InChI is InChI=1S/C22H28N6O4S/c1-16-24-21(14-27(16)3)33(30,31)28-11-8-17(9-12-28)22(29)25-18-4-6-19(7-5-18)32-15-20-23-10-13-26(20)2/h4-7,10,13-14,17H,8-9,11-12,15H2,1-3H3,(H,25,29). The number of benzene rings is 1. The molecule has 3 heterocycles. The molecule has 2 aromatic heterocycles. The summed E-state index contributed by atoms with van der Waals surface area (Å²) in [4.78, 5) is 21.1. The van der Waals surface area contributed by atoms with Crippen molar-refractivity contribution >= 4 is 21.6 Å². The summed E-state index contributed by atoms with van der Waals surface area (Å²) in [6.07, 6.45) is 6.02. The maximum Gasteiger partial charge on any atom is 0.262 e. The van der Waals surface area contributed by atoms with Gasteiger partial charge in [-0.25, -0.2) is 18.4 Å². The van der Waals surface area contributed by atoms with Crippen molar-refractivity contribution in [1.82, 2.24) is 23.4 Å². The Kier molecular flexibility index (Phi) is 6.52. The van der Waals surface area contributed by atoms with E-state index >= 15 is 0 Å². The summed E-state index contributed by atoms with van der Waals surface area (Å²) in [5, 5.41) is 2.97. The Morgan fingerprint density at radius 1 is 1.15 bits per heavy atom. The Morgan fingerprint density at radius 2 is 1.85 bits per heavy atom. The van der Waals surface area contributed by atoms with Gasteiger partial charge in [0.1, 0.15) is 24.0 Å². The number of carbonyl (C=O) groups is 1. The molecule has 1 aliphatic rings. The maximum absolute atomic E-state index is 12.8. The molecule has 4 rings (SSSR count). The predicted molar refractivity (Wildman–Crippen MR) is 122 cm³/mol. The first-order chi connectivity index (χ1) is 15.7. The van der Waals surface area contributed by atoms with E-state index in [0.29, 0.717) is 36.7 Å². The van der Waals surface area contributed by atoms with Crippen LogP contribution < -0.4 is 10.1 Å². The number of nitrogens with zero attached hydrogens (tertiary/aromatic N) is 5. The summed E-state index contributed by atoms with van der Waals surface area (Å²) in [6.45, 7) is 2.69. The molecule has 1 aromatic carbocycles. The fourth-order valence-electron chi connectivity index (χ4n) is 3.70. The van der Waals surface area contributed by atoms with Gasteiger partial charge in [0, 0.05) is 57.4 Å². The van der Waals surface area contributed by atoms with Gasteiger partial charge in [-0.3, -0.25) is 4.79 Å². The van der Waals surface area contributed by atoms with Crippen LogP contribution in [0.15, 0.2) is 47.9 Å². The molecule has 176 valence electrons. The Hall–Kier alpha value is -3.18. The summed E-state index contributed by atoms with van der Waals surface area (Å²) in [6, 6.07) is 7.16. The average Bonchev–Trinajstić information content (AvgIpc) is 3.38. The summed E-state index contributed by atoms with van der Waals surface area (Å²) < 4.78 is 36.4. The van der Waals surface area contributed by atoms with Crippen LogP contribution in [0.2, 0.25) is 0 Å². The van der Waals surface area contributed by atoms with Crippen LogP contribution >= 0.6 is 0 Å².